The highest BCUT2D eigenvalue weighted by Gasteiger charge is 2.37. The Bertz CT molecular complexity index is 748. The minimum atomic E-state index is -0.847. The second kappa shape index (κ2) is 3.54. The van der Waals surface area contributed by atoms with Gasteiger partial charge in [-0.3, -0.25) is 0 Å². The molecule has 0 amide bonds. The van der Waals surface area contributed by atoms with Crippen molar-refractivity contribution >= 4 is 22.9 Å². The highest BCUT2D eigenvalue weighted by Crippen LogP contribution is 2.47. The average Bonchev–Trinajstić information content (AvgIpc) is 2.93. The van der Waals surface area contributed by atoms with Gasteiger partial charge in [0, 0.05) is 16.7 Å². The van der Waals surface area contributed by atoms with Crippen LogP contribution in [0.3, 0.4) is 0 Å². The van der Waals surface area contributed by atoms with Gasteiger partial charge in [0.25, 0.3) is 0 Å². The number of carboxylic acids is 1. The standard InChI is InChI=1S/C16H11NO2/c18-16(19)14-9-5-1-2-6-10(9)15-13(14)11-7-3-4-8-12(11)17-15/h2-4,6-8H,1,5H2,(H,18,19). The zero-order valence-electron chi connectivity index (χ0n) is 10.2. The van der Waals surface area contributed by atoms with Gasteiger partial charge in [0.15, 0.2) is 0 Å². The monoisotopic (exact) mass is 249 g/mol. The van der Waals surface area contributed by atoms with E-state index in [0.29, 0.717) is 5.57 Å². The molecular weight excluding hydrogens is 238 g/mol. The van der Waals surface area contributed by atoms with Crippen molar-refractivity contribution in [1.82, 2.24) is 0 Å². The van der Waals surface area contributed by atoms with Crippen molar-refractivity contribution in [2.75, 3.05) is 0 Å². The number of para-hydroxylation sites is 1. The molecule has 19 heavy (non-hydrogen) atoms. The average molecular weight is 249 g/mol. The largest absolute Gasteiger partial charge is 0.478 e. The Morgan fingerprint density at radius 1 is 1.26 bits per heavy atom. The maximum absolute atomic E-state index is 11.6. The Morgan fingerprint density at radius 3 is 2.95 bits per heavy atom. The predicted octanol–water partition coefficient (Wildman–Crippen LogP) is 3.27. The molecule has 1 aromatic rings. The molecule has 1 heterocycles. The van der Waals surface area contributed by atoms with E-state index >= 15 is 0 Å². The van der Waals surface area contributed by atoms with Gasteiger partial charge in [0.2, 0.25) is 0 Å². The van der Waals surface area contributed by atoms with E-state index in [0.717, 1.165) is 46.5 Å². The van der Waals surface area contributed by atoms with Crippen LogP contribution in [-0.2, 0) is 4.79 Å². The van der Waals surface area contributed by atoms with E-state index in [-0.39, 0.29) is 0 Å². The second-order valence-electron chi connectivity index (χ2n) is 4.87. The number of rotatable bonds is 1. The Labute approximate surface area is 110 Å². The molecule has 2 aliphatic carbocycles. The van der Waals surface area contributed by atoms with Crippen molar-refractivity contribution in [3.63, 3.8) is 0 Å². The van der Waals surface area contributed by atoms with Crippen LogP contribution in [-0.4, -0.2) is 16.8 Å². The number of aliphatic imine (C=N–C) groups is 1. The van der Waals surface area contributed by atoms with Crippen molar-refractivity contribution in [3.8, 4) is 0 Å². The topological polar surface area (TPSA) is 49.7 Å². The van der Waals surface area contributed by atoms with Crippen molar-refractivity contribution in [3.05, 3.63) is 58.7 Å². The lowest BCUT2D eigenvalue weighted by molar-refractivity contribution is -0.132. The molecule has 3 nitrogen and oxygen atoms in total. The third-order valence-corrected chi connectivity index (χ3v) is 3.83. The summed E-state index contributed by atoms with van der Waals surface area (Å²) >= 11 is 0. The molecule has 0 fully saturated rings. The summed E-state index contributed by atoms with van der Waals surface area (Å²) in [6.45, 7) is 0. The van der Waals surface area contributed by atoms with E-state index in [1.54, 1.807) is 0 Å². The van der Waals surface area contributed by atoms with E-state index < -0.39 is 5.97 Å². The molecular formula is C16H11NO2. The Kier molecular flexibility index (Phi) is 1.96. The summed E-state index contributed by atoms with van der Waals surface area (Å²) in [6.07, 6.45) is 5.79. The third-order valence-electron chi connectivity index (χ3n) is 3.83. The van der Waals surface area contributed by atoms with Gasteiger partial charge in [-0.1, -0.05) is 30.4 Å². The molecule has 3 heteroatoms. The lowest BCUT2D eigenvalue weighted by Crippen LogP contribution is -2.05. The maximum atomic E-state index is 11.6. The van der Waals surface area contributed by atoms with Crippen molar-refractivity contribution < 1.29 is 9.90 Å². The summed E-state index contributed by atoms with van der Waals surface area (Å²) < 4.78 is 0. The fourth-order valence-corrected chi connectivity index (χ4v) is 3.07. The minimum Gasteiger partial charge on any atom is -0.478 e. The predicted molar refractivity (Wildman–Crippen MR) is 73.5 cm³/mol. The van der Waals surface area contributed by atoms with Crippen LogP contribution < -0.4 is 0 Å². The van der Waals surface area contributed by atoms with Crippen molar-refractivity contribution in [1.29, 1.82) is 0 Å². The first-order valence-electron chi connectivity index (χ1n) is 6.34. The third kappa shape index (κ3) is 1.27. The van der Waals surface area contributed by atoms with Gasteiger partial charge >= 0.3 is 5.97 Å². The van der Waals surface area contributed by atoms with E-state index in [4.69, 9.17) is 0 Å². The molecule has 0 radical (unpaired) electrons. The molecule has 0 spiro atoms. The molecule has 0 atom stereocenters. The SMILES string of the molecule is O=C(O)C1=C2C(=Nc3ccccc32)C2=C1CCC=C2. The second-order valence-corrected chi connectivity index (χ2v) is 4.87. The van der Waals surface area contributed by atoms with E-state index in [1.165, 1.54) is 0 Å². The van der Waals surface area contributed by atoms with Gasteiger partial charge < -0.3 is 5.11 Å². The van der Waals surface area contributed by atoms with Gasteiger partial charge in [-0.2, -0.15) is 0 Å². The summed E-state index contributed by atoms with van der Waals surface area (Å²) in [5, 5.41) is 9.55. The first-order chi connectivity index (χ1) is 9.27. The molecule has 1 N–H and O–H groups in total. The highest BCUT2D eigenvalue weighted by molar-refractivity contribution is 6.43. The number of aliphatic carboxylic acids is 1. The normalized spacial score (nSPS) is 19.3. The van der Waals surface area contributed by atoms with Crippen molar-refractivity contribution in [2.24, 2.45) is 4.99 Å². The van der Waals surface area contributed by atoms with Crippen LogP contribution in [0.1, 0.15) is 18.4 Å². The number of carboxylic acid groups (broad SMARTS) is 1. The first-order valence-corrected chi connectivity index (χ1v) is 6.34. The van der Waals surface area contributed by atoms with Crippen LogP contribution in [0.25, 0.3) is 5.57 Å². The minimum absolute atomic E-state index is 0.447. The van der Waals surface area contributed by atoms with Gasteiger partial charge in [0.05, 0.1) is 17.0 Å². The van der Waals surface area contributed by atoms with Crippen LogP contribution in [0.2, 0.25) is 0 Å². The Hall–Kier alpha value is -2.42. The number of hydrogen-bond donors (Lipinski definition) is 1. The van der Waals surface area contributed by atoms with Gasteiger partial charge in [-0.05, 0) is 24.5 Å². The highest BCUT2D eigenvalue weighted by atomic mass is 16.4. The zero-order valence-corrected chi connectivity index (χ0v) is 10.2. The van der Waals surface area contributed by atoms with Crippen molar-refractivity contribution in [2.45, 2.75) is 12.8 Å². The van der Waals surface area contributed by atoms with Gasteiger partial charge in [-0.15, -0.1) is 0 Å². The van der Waals surface area contributed by atoms with Gasteiger partial charge in [0.1, 0.15) is 0 Å². The van der Waals surface area contributed by atoms with E-state index in [2.05, 4.69) is 11.1 Å². The smallest absolute Gasteiger partial charge is 0.336 e. The zero-order chi connectivity index (χ0) is 13.0. The number of carbonyl (C=O) groups is 1. The van der Waals surface area contributed by atoms with Crippen LogP contribution in [0.4, 0.5) is 5.69 Å². The summed E-state index contributed by atoms with van der Waals surface area (Å²) in [5.74, 6) is -0.847. The molecule has 92 valence electrons. The molecule has 1 aliphatic heterocycles. The molecule has 0 saturated heterocycles. The quantitative estimate of drug-likeness (QED) is 0.830. The Balaban J connectivity index is 2.05. The number of hydrogen-bond acceptors (Lipinski definition) is 2. The summed E-state index contributed by atoms with van der Waals surface area (Å²) in [4.78, 5) is 16.3. The number of benzene rings is 1. The van der Waals surface area contributed by atoms with Crippen LogP contribution in [0.5, 0.6) is 0 Å². The molecule has 4 rings (SSSR count). The molecule has 3 aliphatic rings. The molecule has 0 saturated carbocycles. The molecule has 1 aromatic carbocycles. The van der Waals surface area contributed by atoms with E-state index in [9.17, 15) is 9.90 Å². The Morgan fingerprint density at radius 2 is 2.11 bits per heavy atom. The first kappa shape index (κ1) is 10.5. The van der Waals surface area contributed by atoms with Crippen LogP contribution in [0.15, 0.2) is 58.1 Å². The van der Waals surface area contributed by atoms with Gasteiger partial charge in [-0.25, -0.2) is 9.79 Å². The lowest BCUT2D eigenvalue weighted by Gasteiger charge is -2.10. The summed E-state index contributed by atoms with van der Waals surface area (Å²) in [6, 6.07) is 7.74. The van der Waals surface area contributed by atoms with Crippen LogP contribution >= 0.6 is 0 Å². The number of nitrogens with zero attached hydrogens (tertiary/aromatic N) is 1. The maximum Gasteiger partial charge on any atom is 0.336 e. The fraction of sp³-hybridized carbons (Fsp3) is 0.125. The summed E-state index contributed by atoms with van der Waals surface area (Å²) in [5.41, 5.74) is 5.84. The molecule has 0 unspecified atom stereocenters. The molecule has 0 bridgehead atoms. The summed E-state index contributed by atoms with van der Waals surface area (Å²) in [7, 11) is 0. The number of allylic oxidation sites excluding steroid dienone is 4. The van der Waals surface area contributed by atoms with Crippen LogP contribution in [0, 0.1) is 0 Å². The molecule has 0 aromatic heterocycles. The fourth-order valence-electron chi connectivity index (χ4n) is 3.07. The number of fused-ring (bicyclic) bond motifs is 4. The lowest BCUT2D eigenvalue weighted by atomic mass is 9.95. The van der Waals surface area contributed by atoms with E-state index in [1.807, 2.05) is 30.3 Å².